The van der Waals surface area contributed by atoms with Gasteiger partial charge in [0, 0.05) is 17.7 Å². The van der Waals surface area contributed by atoms with Gasteiger partial charge >= 0.3 is 0 Å². The summed E-state index contributed by atoms with van der Waals surface area (Å²) in [6, 6.07) is 10.2. The zero-order valence-electron chi connectivity index (χ0n) is 13.3. The molecule has 0 radical (unpaired) electrons. The van der Waals surface area contributed by atoms with Gasteiger partial charge in [0.15, 0.2) is 0 Å². The Bertz CT molecular complexity index is 688. The molecule has 0 aliphatic carbocycles. The SMILES string of the molecule is CC(C)c1cc(O)c(-c2ccc([N+](=O)[O-])cc2)c(C(C)C)c1. The van der Waals surface area contributed by atoms with Crippen LogP contribution < -0.4 is 0 Å². The van der Waals surface area contributed by atoms with Gasteiger partial charge in [-0.25, -0.2) is 0 Å². The second kappa shape index (κ2) is 6.18. The minimum Gasteiger partial charge on any atom is -0.507 e. The van der Waals surface area contributed by atoms with Crippen LogP contribution in [0.5, 0.6) is 5.75 Å². The molecule has 0 atom stereocenters. The second-order valence-electron chi connectivity index (χ2n) is 6.12. The van der Waals surface area contributed by atoms with Crippen molar-refractivity contribution in [2.45, 2.75) is 39.5 Å². The van der Waals surface area contributed by atoms with Crippen molar-refractivity contribution in [2.75, 3.05) is 0 Å². The lowest BCUT2D eigenvalue weighted by Crippen LogP contribution is -1.98. The Hall–Kier alpha value is -2.36. The van der Waals surface area contributed by atoms with E-state index in [0.717, 1.165) is 22.3 Å². The summed E-state index contributed by atoms with van der Waals surface area (Å²) >= 11 is 0. The minimum absolute atomic E-state index is 0.0492. The number of nitro groups is 1. The number of non-ortho nitro benzene ring substituents is 1. The molecule has 0 saturated heterocycles. The van der Waals surface area contributed by atoms with Gasteiger partial charge in [-0.2, -0.15) is 0 Å². The normalized spacial score (nSPS) is 11.2. The van der Waals surface area contributed by atoms with Crippen molar-refractivity contribution < 1.29 is 10.0 Å². The maximum Gasteiger partial charge on any atom is 0.269 e. The van der Waals surface area contributed by atoms with E-state index in [1.54, 1.807) is 18.2 Å². The number of hydrogen-bond donors (Lipinski definition) is 1. The number of benzene rings is 2. The Morgan fingerprint density at radius 2 is 1.59 bits per heavy atom. The van der Waals surface area contributed by atoms with Gasteiger partial charge in [-0.15, -0.1) is 0 Å². The molecular weight excluding hydrogens is 278 g/mol. The van der Waals surface area contributed by atoms with Crippen LogP contribution in [0.15, 0.2) is 36.4 Å². The van der Waals surface area contributed by atoms with Crippen LogP contribution >= 0.6 is 0 Å². The highest BCUT2D eigenvalue weighted by Gasteiger charge is 2.17. The molecule has 0 unspecified atom stereocenters. The molecular formula is C18H21NO3. The van der Waals surface area contributed by atoms with E-state index in [4.69, 9.17) is 0 Å². The van der Waals surface area contributed by atoms with Crippen molar-refractivity contribution in [2.24, 2.45) is 0 Å². The first-order valence-electron chi connectivity index (χ1n) is 7.43. The molecule has 0 aliphatic heterocycles. The molecule has 2 rings (SSSR count). The largest absolute Gasteiger partial charge is 0.507 e. The Kier molecular flexibility index (Phi) is 4.50. The van der Waals surface area contributed by atoms with Crippen molar-refractivity contribution in [1.29, 1.82) is 0 Å². The van der Waals surface area contributed by atoms with Gasteiger partial charge in [-0.05, 0) is 46.7 Å². The molecule has 0 amide bonds. The summed E-state index contributed by atoms with van der Waals surface area (Å²) in [6.45, 7) is 8.33. The molecule has 0 saturated carbocycles. The van der Waals surface area contributed by atoms with E-state index < -0.39 is 4.92 Å². The second-order valence-corrected chi connectivity index (χ2v) is 6.12. The maximum absolute atomic E-state index is 10.8. The zero-order valence-corrected chi connectivity index (χ0v) is 13.3. The highest BCUT2D eigenvalue weighted by atomic mass is 16.6. The zero-order chi connectivity index (χ0) is 16.4. The lowest BCUT2D eigenvalue weighted by Gasteiger charge is -2.18. The van der Waals surface area contributed by atoms with Crippen molar-refractivity contribution >= 4 is 5.69 Å². The van der Waals surface area contributed by atoms with Gasteiger partial charge in [0.1, 0.15) is 5.75 Å². The Morgan fingerprint density at radius 1 is 1.00 bits per heavy atom. The number of phenols is 1. The average Bonchev–Trinajstić information content (AvgIpc) is 2.46. The summed E-state index contributed by atoms with van der Waals surface area (Å²) in [6.07, 6.45) is 0. The molecule has 0 bridgehead atoms. The fraction of sp³-hybridized carbons (Fsp3) is 0.333. The van der Waals surface area contributed by atoms with E-state index >= 15 is 0 Å². The average molecular weight is 299 g/mol. The van der Waals surface area contributed by atoms with Crippen LogP contribution in [0.4, 0.5) is 5.69 Å². The number of nitro benzene ring substituents is 1. The fourth-order valence-corrected chi connectivity index (χ4v) is 2.52. The molecule has 0 heterocycles. The third-order valence-corrected chi connectivity index (χ3v) is 3.83. The van der Waals surface area contributed by atoms with Crippen LogP contribution in [-0.2, 0) is 0 Å². The fourth-order valence-electron chi connectivity index (χ4n) is 2.52. The van der Waals surface area contributed by atoms with Crippen molar-refractivity contribution in [1.82, 2.24) is 0 Å². The Morgan fingerprint density at radius 3 is 2.05 bits per heavy atom. The van der Waals surface area contributed by atoms with Crippen molar-refractivity contribution in [3.63, 3.8) is 0 Å². The predicted molar refractivity (Wildman–Crippen MR) is 88.4 cm³/mol. The number of phenolic OH excluding ortho intramolecular Hbond substituents is 1. The molecule has 0 aromatic heterocycles. The first kappa shape index (κ1) is 16.0. The van der Waals surface area contributed by atoms with Gasteiger partial charge in [-0.1, -0.05) is 33.8 Å². The molecule has 1 N–H and O–H groups in total. The smallest absolute Gasteiger partial charge is 0.269 e. The molecule has 4 heteroatoms. The van der Waals surface area contributed by atoms with Crippen LogP contribution in [0, 0.1) is 10.1 Å². The molecule has 0 fully saturated rings. The maximum atomic E-state index is 10.8. The number of rotatable bonds is 4. The van der Waals surface area contributed by atoms with Gasteiger partial charge in [-0.3, -0.25) is 10.1 Å². The minimum atomic E-state index is -0.422. The summed E-state index contributed by atoms with van der Waals surface area (Å²) in [7, 11) is 0. The summed E-state index contributed by atoms with van der Waals surface area (Å²) in [4.78, 5) is 10.3. The topological polar surface area (TPSA) is 63.4 Å². The Balaban J connectivity index is 2.60. The number of hydrogen-bond acceptors (Lipinski definition) is 3. The van der Waals surface area contributed by atoms with Crippen LogP contribution in [0.1, 0.15) is 50.7 Å². The first-order valence-corrected chi connectivity index (χ1v) is 7.43. The van der Waals surface area contributed by atoms with E-state index in [1.807, 2.05) is 0 Å². The Labute approximate surface area is 130 Å². The van der Waals surface area contributed by atoms with Crippen LogP contribution in [0.3, 0.4) is 0 Å². The third-order valence-electron chi connectivity index (χ3n) is 3.83. The first-order chi connectivity index (χ1) is 10.3. The lowest BCUT2D eigenvalue weighted by atomic mass is 9.87. The third kappa shape index (κ3) is 3.11. The summed E-state index contributed by atoms with van der Waals surface area (Å²) < 4.78 is 0. The van der Waals surface area contributed by atoms with E-state index in [-0.39, 0.29) is 17.4 Å². The van der Waals surface area contributed by atoms with Crippen molar-refractivity contribution in [3.8, 4) is 16.9 Å². The summed E-state index contributed by atoms with van der Waals surface area (Å²) in [5, 5.41) is 21.2. The quantitative estimate of drug-likeness (QED) is 0.622. The summed E-state index contributed by atoms with van der Waals surface area (Å²) in [5.74, 6) is 0.799. The molecule has 2 aromatic rings. The van der Waals surface area contributed by atoms with E-state index in [0.29, 0.717) is 5.92 Å². The lowest BCUT2D eigenvalue weighted by molar-refractivity contribution is -0.384. The number of nitrogens with zero attached hydrogens (tertiary/aromatic N) is 1. The van der Waals surface area contributed by atoms with E-state index in [1.165, 1.54) is 12.1 Å². The van der Waals surface area contributed by atoms with E-state index in [9.17, 15) is 15.2 Å². The highest BCUT2D eigenvalue weighted by Crippen LogP contribution is 2.39. The predicted octanol–water partition coefficient (Wildman–Crippen LogP) is 5.21. The standard InChI is InChI=1S/C18H21NO3/c1-11(2)14-9-16(12(3)4)18(17(20)10-14)13-5-7-15(8-6-13)19(21)22/h5-12,20H,1-4H3. The monoisotopic (exact) mass is 299 g/mol. The molecule has 0 aliphatic rings. The van der Waals surface area contributed by atoms with Gasteiger partial charge in [0.25, 0.3) is 5.69 Å². The molecule has 22 heavy (non-hydrogen) atoms. The number of aromatic hydroxyl groups is 1. The molecule has 4 nitrogen and oxygen atoms in total. The van der Waals surface area contributed by atoms with Gasteiger partial charge in [0.2, 0.25) is 0 Å². The van der Waals surface area contributed by atoms with Gasteiger partial charge in [0.05, 0.1) is 4.92 Å². The van der Waals surface area contributed by atoms with Crippen LogP contribution in [0.2, 0.25) is 0 Å². The molecule has 0 spiro atoms. The van der Waals surface area contributed by atoms with Gasteiger partial charge < -0.3 is 5.11 Å². The van der Waals surface area contributed by atoms with E-state index in [2.05, 4.69) is 33.8 Å². The highest BCUT2D eigenvalue weighted by molar-refractivity contribution is 5.75. The van der Waals surface area contributed by atoms with Crippen LogP contribution in [-0.4, -0.2) is 10.0 Å². The summed E-state index contributed by atoms with van der Waals surface area (Å²) in [5.41, 5.74) is 3.74. The van der Waals surface area contributed by atoms with Crippen molar-refractivity contribution in [3.05, 3.63) is 57.6 Å². The molecule has 2 aromatic carbocycles. The van der Waals surface area contributed by atoms with Crippen LogP contribution in [0.25, 0.3) is 11.1 Å². The molecule has 116 valence electrons.